The number of rotatable bonds is 3. The van der Waals surface area contributed by atoms with E-state index in [9.17, 15) is 0 Å². The largest absolute Gasteiger partial charge is 0.217 e. The molecule has 1 aliphatic carbocycles. The highest BCUT2D eigenvalue weighted by molar-refractivity contribution is 5.71. The third kappa shape index (κ3) is 2.20. The van der Waals surface area contributed by atoms with Crippen LogP contribution in [0.15, 0.2) is 48.6 Å². The van der Waals surface area contributed by atoms with Crippen LogP contribution in [-0.2, 0) is 6.42 Å². The third-order valence-electron chi connectivity index (χ3n) is 3.78. The molecule has 3 rings (SSSR count). The fraction of sp³-hybridized carbons (Fsp3) is 0.294. The lowest BCUT2D eigenvalue weighted by atomic mass is 9.95. The van der Waals surface area contributed by atoms with Crippen molar-refractivity contribution in [2.75, 3.05) is 0 Å². The lowest BCUT2D eigenvalue weighted by molar-refractivity contribution is 0.706. The summed E-state index contributed by atoms with van der Waals surface area (Å²) >= 11 is 0. The van der Waals surface area contributed by atoms with Crippen LogP contribution >= 0.6 is 0 Å². The van der Waals surface area contributed by atoms with Crippen molar-refractivity contribution >= 4 is 11.3 Å². The van der Waals surface area contributed by atoms with Crippen LogP contribution in [0.4, 0.5) is 0 Å². The zero-order chi connectivity index (χ0) is 13.9. The first-order chi connectivity index (χ1) is 9.83. The van der Waals surface area contributed by atoms with Gasteiger partial charge in [-0.05, 0) is 37.8 Å². The Balaban J connectivity index is 2.01. The lowest BCUT2D eigenvalue weighted by Gasteiger charge is -2.21. The molecular weight excluding hydrogens is 246 g/mol. The molecule has 0 bridgehead atoms. The van der Waals surface area contributed by atoms with Crippen molar-refractivity contribution in [3.8, 4) is 0 Å². The molecular formula is C17H19N3. The van der Waals surface area contributed by atoms with Gasteiger partial charge in [-0.2, -0.15) is 0 Å². The first-order valence-corrected chi connectivity index (χ1v) is 7.14. The van der Waals surface area contributed by atoms with Crippen molar-refractivity contribution in [2.45, 2.75) is 32.6 Å². The molecule has 0 radical (unpaired) electrons. The van der Waals surface area contributed by atoms with E-state index in [0.717, 1.165) is 42.9 Å². The number of aryl methyl sites for hydroxylation is 1. The first-order valence-electron chi connectivity index (χ1n) is 7.14. The molecule has 1 aliphatic heterocycles. The van der Waals surface area contributed by atoms with E-state index in [4.69, 9.17) is 10.1 Å². The minimum Gasteiger partial charge on any atom is -0.217 e. The molecule has 0 unspecified atom stereocenters. The molecule has 0 amide bonds. The van der Waals surface area contributed by atoms with E-state index in [2.05, 4.69) is 18.7 Å². The minimum atomic E-state index is 0.799. The van der Waals surface area contributed by atoms with Crippen LogP contribution in [-0.4, -0.2) is 14.8 Å². The van der Waals surface area contributed by atoms with Gasteiger partial charge in [-0.1, -0.05) is 37.0 Å². The molecule has 0 aromatic carbocycles. The SMILES string of the molecule is C=C/C=C\C(=C/C)c1nc2n(n1)C1=C(CCC=C1)CC2. The highest BCUT2D eigenvalue weighted by Gasteiger charge is 2.22. The summed E-state index contributed by atoms with van der Waals surface area (Å²) in [4.78, 5) is 4.70. The molecule has 3 nitrogen and oxygen atoms in total. The summed E-state index contributed by atoms with van der Waals surface area (Å²) < 4.78 is 2.02. The van der Waals surface area contributed by atoms with Crippen LogP contribution in [0.2, 0.25) is 0 Å². The molecule has 0 saturated heterocycles. The van der Waals surface area contributed by atoms with Gasteiger partial charge in [0.1, 0.15) is 5.82 Å². The Labute approximate surface area is 119 Å². The molecule has 2 aliphatic rings. The van der Waals surface area contributed by atoms with Crippen LogP contribution in [0.25, 0.3) is 11.3 Å². The maximum absolute atomic E-state index is 4.70. The van der Waals surface area contributed by atoms with Crippen LogP contribution in [0, 0.1) is 0 Å². The van der Waals surface area contributed by atoms with Gasteiger partial charge in [-0.3, -0.25) is 0 Å². The van der Waals surface area contributed by atoms with Crippen molar-refractivity contribution in [3.63, 3.8) is 0 Å². The Morgan fingerprint density at radius 1 is 1.35 bits per heavy atom. The molecule has 0 fully saturated rings. The average molecular weight is 265 g/mol. The zero-order valence-electron chi connectivity index (χ0n) is 11.8. The van der Waals surface area contributed by atoms with E-state index in [1.807, 2.05) is 29.8 Å². The van der Waals surface area contributed by atoms with Gasteiger partial charge < -0.3 is 0 Å². The summed E-state index contributed by atoms with van der Waals surface area (Å²) in [6.45, 7) is 5.71. The molecule has 3 heteroatoms. The second-order valence-corrected chi connectivity index (χ2v) is 5.03. The summed E-state index contributed by atoms with van der Waals surface area (Å²) in [6, 6.07) is 0. The highest BCUT2D eigenvalue weighted by atomic mass is 15.4. The summed E-state index contributed by atoms with van der Waals surface area (Å²) in [6.07, 6.45) is 16.6. The second kappa shape index (κ2) is 5.45. The van der Waals surface area contributed by atoms with E-state index in [-0.39, 0.29) is 0 Å². The van der Waals surface area contributed by atoms with E-state index in [1.54, 1.807) is 6.08 Å². The number of hydrogen-bond donors (Lipinski definition) is 0. The molecule has 1 aromatic rings. The molecule has 1 aromatic heterocycles. The van der Waals surface area contributed by atoms with E-state index in [0.29, 0.717) is 0 Å². The first kappa shape index (κ1) is 12.9. The smallest absolute Gasteiger partial charge is 0.181 e. The third-order valence-corrected chi connectivity index (χ3v) is 3.78. The summed E-state index contributed by atoms with van der Waals surface area (Å²) in [5.41, 5.74) is 3.79. The van der Waals surface area contributed by atoms with Gasteiger partial charge >= 0.3 is 0 Å². The number of fused-ring (bicyclic) bond motifs is 2. The zero-order valence-corrected chi connectivity index (χ0v) is 11.8. The number of hydrogen-bond acceptors (Lipinski definition) is 2. The minimum absolute atomic E-state index is 0.799. The van der Waals surface area contributed by atoms with Gasteiger partial charge in [-0.25, -0.2) is 9.67 Å². The Hall–Kier alpha value is -2.16. The van der Waals surface area contributed by atoms with Gasteiger partial charge in [0.25, 0.3) is 0 Å². The molecule has 0 saturated carbocycles. The molecule has 102 valence electrons. The normalized spacial score (nSPS) is 18.4. The lowest BCUT2D eigenvalue weighted by Crippen LogP contribution is -2.14. The van der Waals surface area contributed by atoms with Crippen LogP contribution < -0.4 is 0 Å². The summed E-state index contributed by atoms with van der Waals surface area (Å²) in [5, 5.41) is 4.70. The predicted molar refractivity (Wildman–Crippen MR) is 82.9 cm³/mol. The fourth-order valence-electron chi connectivity index (χ4n) is 2.73. The van der Waals surface area contributed by atoms with Crippen molar-refractivity contribution in [1.29, 1.82) is 0 Å². The Bertz CT molecular complexity index is 654. The molecule has 2 heterocycles. The van der Waals surface area contributed by atoms with Crippen LogP contribution in [0.5, 0.6) is 0 Å². The number of nitrogens with zero attached hydrogens (tertiary/aromatic N) is 3. The van der Waals surface area contributed by atoms with Crippen molar-refractivity contribution < 1.29 is 0 Å². The van der Waals surface area contributed by atoms with Gasteiger partial charge in [0.05, 0.1) is 5.70 Å². The van der Waals surface area contributed by atoms with Crippen molar-refractivity contribution in [1.82, 2.24) is 14.8 Å². The highest BCUT2D eigenvalue weighted by Crippen LogP contribution is 2.31. The number of aromatic nitrogens is 3. The summed E-state index contributed by atoms with van der Waals surface area (Å²) in [7, 11) is 0. The van der Waals surface area contributed by atoms with Crippen molar-refractivity contribution in [2.24, 2.45) is 0 Å². The summed E-state index contributed by atoms with van der Waals surface area (Å²) in [5.74, 6) is 1.87. The predicted octanol–water partition coefficient (Wildman–Crippen LogP) is 3.93. The van der Waals surface area contributed by atoms with Gasteiger partial charge in [-0.15, -0.1) is 5.10 Å². The standard InChI is InChI=1S/C17H19N3/c1-3-5-8-13(4-2)17-18-16-12-11-14-9-6-7-10-15(14)20(16)19-17/h3-5,7-8,10H,1,6,9,11-12H2,2H3/b8-5-,13-4+. The van der Waals surface area contributed by atoms with E-state index >= 15 is 0 Å². The Morgan fingerprint density at radius 2 is 2.25 bits per heavy atom. The number of allylic oxidation sites excluding steroid dienone is 9. The van der Waals surface area contributed by atoms with E-state index in [1.165, 1.54) is 11.3 Å². The molecule has 0 atom stereocenters. The molecule has 20 heavy (non-hydrogen) atoms. The quantitative estimate of drug-likeness (QED) is 0.775. The topological polar surface area (TPSA) is 30.7 Å². The van der Waals surface area contributed by atoms with Gasteiger partial charge in [0.2, 0.25) is 0 Å². The average Bonchev–Trinajstić information content (AvgIpc) is 2.92. The fourth-order valence-corrected chi connectivity index (χ4v) is 2.73. The molecule has 0 spiro atoms. The van der Waals surface area contributed by atoms with Crippen LogP contribution in [0.3, 0.4) is 0 Å². The molecule has 0 N–H and O–H groups in total. The monoisotopic (exact) mass is 265 g/mol. The van der Waals surface area contributed by atoms with Gasteiger partial charge in [0, 0.05) is 12.0 Å². The maximum atomic E-state index is 4.70. The maximum Gasteiger partial charge on any atom is 0.181 e. The van der Waals surface area contributed by atoms with Crippen LogP contribution in [0.1, 0.15) is 37.8 Å². The second-order valence-electron chi connectivity index (χ2n) is 5.03. The van der Waals surface area contributed by atoms with Crippen molar-refractivity contribution in [3.05, 3.63) is 60.3 Å². The van der Waals surface area contributed by atoms with Gasteiger partial charge in [0.15, 0.2) is 5.82 Å². The Kier molecular flexibility index (Phi) is 3.50. The Morgan fingerprint density at radius 3 is 3.05 bits per heavy atom. The van der Waals surface area contributed by atoms with E-state index < -0.39 is 0 Å².